The molecule has 3 N–H and O–H groups in total. The molecule has 6 heteroatoms. The molecule has 29 heavy (non-hydrogen) atoms. The van der Waals surface area contributed by atoms with Crippen LogP contribution in [0.25, 0.3) is 0 Å². The van der Waals surface area contributed by atoms with Gasteiger partial charge in [0.05, 0.1) is 13.2 Å². The van der Waals surface area contributed by atoms with Gasteiger partial charge in [-0.15, -0.1) is 0 Å². The maximum atomic E-state index is 10.4. The van der Waals surface area contributed by atoms with Crippen molar-refractivity contribution in [1.82, 2.24) is 0 Å². The third-order valence-electron chi connectivity index (χ3n) is 5.67. The summed E-state index contributed by atoms with van der Waals surface area (Å²) in [4.78, 5) is 3.09. The smallest absolute Gasteiger partial charge is 0.161 e. The van der Waals surface area contributed by atoms with E-state index in [1.54, 1.807) is 4.90 Å². The molecule has 2 aromatic carbocycles. The summed E-state index contributed by atoms with van der Waals surface area (Å²) in [5, 5.41) is 10.4. The molecule has 0 aliphatic carbocycles. The SMILES string of the molecule is O[C@H](COC[C@H]1COc2ccccc2O1)C[NH+]1CC[NH+](Cc2ccccc2)CC1. The zero-order valence-electron chi connectivity index (χ0n) is 16.9. The van der Waals surface area contributed by atoms with Crippen molar-refractivity contribution in [3.05, 3.63) is 60.2 Å². The minimum atomic E-state index is -0.447. The Labute approximate surface area is 172 Å². The summed E-state index contributed by atoms with van der Waals surface area (Å²) in [6.45, 7) is 7.54. The first-order valence-corrected chi connectivity index (χ1v) is 10.6. The van der Waals surface area contributed by atoms with Crippen molar-refractivity contribution >= 4 is 0 Å². The van der Waals surface area contributed by atoms with Gasteiger partial charge in [-0.3, -0.25) is 0 Å². The predicted molar refractivity (Wildman–Crippen MR) is 110 cm³/mol. The van der Waals surface area contributed by atoms with Crippen LogP contribution in [0.4, 0.5) is 0 Å². The Morgan fingerprint density at radius 2 is 1.62 bits per heavy atom. The van der Waals surface area contributed by atoms with Gasteiger partial charge in [0.25, 0.3) is 0 Å². The maximum absolute atomic E-state index is 10.4. The number of nitrogens with one attached hydrogen (secondary N) is 2. The topological polar surface area (TPSA) is 56.8 Å². The number of fused-ring (bicyclic) bond motifs is 1. The van der Waals surface area contributed by atoms with Gasteiger partial charge >= 0.3 is 0 Å². The predicted octanol–water partition coefficient (Wildman–Crippen LogP) is -0.812. The highest BCUT2D eigenvalue weighted by Crippen LogP contribution is 2.30. The van der Waals surface area contributed by atoms with Crippen LogP contribution in [0.15, 0.2) is 54.6 Å². The fourth-order valence-electron chi connectivity index (χ4n) is 4.10. The lowest BCUT2D eigenvalue weighted by Crippen LogP contribution is -3.28. The molecule has 0 aromatic heterocycles. The average Bonchev–Trinajstić information content (AvgIpc) is 2.76. The number of quaternary nitrogens is 2. The number of ether oxygens (including phenoxy) is 3. The molecule has 156 valence electrons. The molecule has 2 atom stereocenters. The largest absolute Gasteiger partial charge is 0.486 e. The van der Waals surface area contributed by atoms with Crippen LogP contribution in [0.3, 0.4) is 0 Å². The summed E-state index contributed by atoms with van der Waals surface area (Å²) in [6, 6.07) is 18.3. The van der Waals surface area contributed by atoms with E-state index in [-0.39, 0.29) is 6.10 Å². The third-order valence-corrected chi connectivity index (χ3v) is 5.67. The molecular formula is C23H32N2O4+2. The van der Waals surface area contributed by atoms with Crippen LogP contribution in [0.1, 0.15) is 5.56 Å². The minimum absolute atomic E-state index is 0.130. The number of piperazine rings is 1. The number of benzene rings is 2. The van der Waals surface area contributed by atoms with Crippen molar-refractivity contribution in [2.75, 3.05) is 52.5 Å². The molecule has 0 radical (unpaired) electrons. The molecule has 0 bridgehead atoms. The van der Waals surface area contributed by atoms with Gasteiger partial charge in [0.15, 0.2) is 17.6 Å². The molecule has 1 saturated heterocycles. The number of aliphatic hydroxyl groups excluding tert-OH is 1. The summed E-state index contributed by atoms with van der Waals surface area (Å²) in [6.07, 6.45) is -0.577. The Kier molecular flexibility index (Phi) is 7.00. The molecule has 1 fully saturated rings. The van der Waals surface area contributed by atoms with E-state index in [1.807, 2.05) is 24.3 Å². The average molecular weight is 401 g/mol. The molecule has 0 unspecified atom stereocenters. The van der Waals surface area contributed by atoms with Crippen LogP contribution in [0.5, 0.6) is 11.5 Å². The standard InChI is InChI=1S/C23H30N2O4/c26-20(16-27-17-21-18-28-22-8-4-5-9-23(22)29-21)15-25-12-10-24(11-13-25)14-19-6-2-1-3-7-19/h1-9,20-21,26H,10-18H2/p+2/t20-,21-/m0/s1. The van der Waals surface area contributed by atoms with Crippen molar-refractivity contribution in [1.29, 1.82) is 0 Å². The van der Waals surface area contributed by atoms with Crippen molar-refractivity contribution in [3.63, 3.8) is 0 Å². The summed E-state index contributed by atoms with van der Waals surface area (Å²) in [7, 11) is 0. The van der Waals surface area contributed by atoms with Gasteiger partial charge < -0.3 is 29.1 Å². The summed E-state index contributed by atoms with van der Waals surface area (Å²) < 4.78 is 17.3. The molecule has 0 amide bonds. The van der Waals surface area contributed by atoms with Gasteiger partial charge in [0, 0.05) is 5.56 Å². The van der Waals surface area contributed by atoms with E-state index < -0.39 is 6.10 Å². The van der Waals surface area contributed by atoms with E-state index in [0.29, 0.717) is 19.8 Å². The highest BCUT2D eigenvalue weighted by atomic mass is 16.6. The number of aliphatic hydroxyl groups is 1. The fourth-order valence-corrected chi connectivity index (χ4v) is 4.10. The van der Waals surface area contributed by atoms with Gasteiger partial charge in [0.2, 0.25) is 0 Å². The highest BCUT2D eigenvalue weighted by molar-refractivity contribution is 5.40. The second-order valence-corrected chi connectivity index (χ2v) is 8.06. The van der Waals surface area contributed by atoms with Gasteiger partial charge in [0.1, 0.15) is 52.0 Å². The van der Waals surface area contributed by atoms with Gasteiger partial charge in [-0.2, -0.15) is 0 Å². The first kappa shape index (κ1) is 20.2. The van der Waals surface area contributed by atoms with Crippen LogP contribution in [0, 0.1) is 0 Å². The molecule has 0 saturated carbocycles. The lowest BCUT2D eigenvalue weighted by Gasteiger charge is -2.31. The lowest BCUT2D eigenvalue weighted by atomic mass is 10.2. The first-order chi connectivity index (χ1) is 14.3. The Hall–Kier alpha value is -2.12. The highest BCUT2D eigenvalue weighted by Gasteiger charge is 2.26. The van der Waals surface area contributed by atoms with Crippen molar-refractivity contribution < 1.29 is 29.1 Å². The van der Waals surface area contributed by atoms with Crippen LogP contribution in [-0.4, -0.2) is 69.9 Å². The van der Waals surface area contributed by atoms with Gasteiger partial charge in [-0.05, 0) is 12.1 Å². The van der Waals surface area contributed by atoms with Crippen molar-refractivity contribution in [3.8, 4) is 11.5 Å². The van der Waals surface area contributed by atoms with E-state index in [2.05, 4.69) is 30.3 Å². The number of para-hydroxylation sites is 2. The Balaban J connectivity index is 1.11. The Morgan fingerprint density at radius 1 is 0.931 bits per heavy atom. The number of rotatable bonds is 8. The minimum Gasteiger partial charge on any atom is -0.486 e. The summed E-state index contributed by atoms with van der Waals surface area (Å²) in [5.74, 6) is 1.54. The van der Waals surface area contributed by atoms with E-state index in [0.717, 1.165) is 50.8 Å². The van der Waals surface area contributed by atoms with E-state index in [9.17, 15) is 5.11 Å². The van der Waals surface area contributed by atoms with Crippen LogP contribution >= 0.6 is 0 Å². The molecule has 2 aliphatic rings. The Morgan fingerprint density at radius 3 is 2.41 bits per heavy atom. The quantitative estimate of drug-likeness (QED) is 0.543. The number of hydrogen-bond donors (Lipinski definition) is 3. The van der Waals surface area contributed by atoms with E-state index in [1.165, 1.54) is 10.5 Å². The normalized spacial score (nSPS) is 24.8. The molecular weight excluding hydrogens is 368 g/mol. The molecule has 2 aliphatic heterocycles. The second kappa shape index (κ2) is 10.1. The third kappa shape index (κ3) is 5.93. The van der Waals surface area contributed by atoms with Gasteiger partial charge in [-0.25, -0.2) is 0 Å². The fraction of sp³-hybridized carbons (Fsp3) is 0.478. The zero-order chi connectivity index (χ0) is 19.9. The van der Waals surface area contributed by atoms with Gasteiger partial charge in [-0.1, -0.05) is 42.5 Å². The van der Waals surface area contributed by atoms with Crippen molar-refractivity contribution in [2.45, 2.75) is 18.8 Å². The molecule has 6 nitrogen and oxygen atoms in total. The van der Waals surface area contributed by atoms with Crippen molar-refractivity contribution in [2.24, 2.45) is 0 Å². The van der Waals surface area contributed by atoms with Crippen LogP contribution in [0.2, 0.25) is 0 Å². The lowest BCUT2D eigenvalue weighted by molar-refractivity contribution is -1.02. The van der Waals surface area contributed by atoms with Crippen LogP contribution < -0.4 is 19.3 Å². The molecule has 2 aromatic rings. The van der Waals surface area contributed by atoms with E-state index >= 15 is 0 Å². The first-order valence-electron chi connectivity index (χ1n) is 10.6. The summed E-state index contributed by atoms with van der Waals surface area (Å²) in [5.41, 5.74) is 1.40. The molecule has 0 spiro atoms. The molecule has 2 heterocycles. The summed E-state index contributed by atoms with van der Waals surface area (Å²) >= 11 is 0. The number of hydrogen-bond acceptors (Lipinski definition) is 4. The molecule has 4 rings (SSSR count). The second-order valence-electron chi connectivity index (χ2n) is 8.06. The maximum Gasteiger partial charge on any atom is 0.161 e. The Bertz CT molecular complexity index is 750. The van der Waals surface area contributed by atoms with E-state index in [4.69, 9.17) is 14.2 Å². The monoisotopic (exact) mass is 400 g/mol. The zero-order valence-corrected chi connectivity index (χ0v) is 16.9. The van der Waals surface area contributed by atoms with Crippen LogP contribution in [-0.2, 0) is 11.3 Å².